The van der Waals surface area contributed by atoms with Crippen LogP contribution < -0.4 is 0 Å². The molecular weight excluding hydrogens is 239 g/mol. The Morgan fingerprint density at radius 3 is 2.18 bits per heavy atom. The Kier molecular flexibility index (Phi) is 10.9. The molecule has 4 nitrogen and oxygen atoms in total. The van der Waals surface area contributed by atoms with E-state index in [2.05, 4.69) is 23.6 Å². The molecule has 0 saturated heterocycles. The second-order valence-electron chi connectivity index (χ2n) is 4.11. The molecule has 5 heteroatoms. The molecule has 2 N–H and O–H groups in total. The molecule has 0 radical (unpaired) electrons. The maximum absolute atomic E-state index is 10.4. The van der Waals surface area contributed by atoms with Gasteiger partial charge in [0.15, 0.2) is 0 Å². The summed E-state index contributed by atoms with van der Waals surface area (Å²) < 4.78 is 14.7. The van der Waals surface area contributed by atoms with Crippen LogP contribution in [0.2, 0.25) is 0 Å². The summed E-state index contributed by atoms with van der Waals surface area (Å²) in [4.78, 5) is 16.9. The molecule has 0 spiro atoms. The van der Waals surface area contributed by atoms with Gasteiger partial charge in [0.05, 0.1) is 6.61 Å². The lowest BCUT2D eigenvalue weighted by atomic mass is 10.1. The molecule has 0 aromatic rings. The van der Waals surface area contributed by atoms with Crippen LogP contribution in [-0.4, -0.2) is 16.4 Å². The van der Waals surface area contributed by atoms with Gasteiger partial charge in [-0.2, -0.15) is 0 Å². The smallest absolute Gasteiger partial charge is 0.303 e. The molecule has 0 aromatic heterocycles. The average Bonchev–Trinajstić information content (AvgIpc) is 2.24. The third kappa shape index (κ3) is 15.9. The van der Waals surface area contributed by atoms with Crippen molar-refractivity contribution in [3.8, 4) is 0 Å². The Morgan fingerprint density at radius 1 is 1.00 bits per heavy atom. The quantitative estimate of drug-likeness (QED) is 0.338. The summed E-state index contributed by atoms with van der Waals surface area (Å²) in [6.07, 6.45) is 13.2. The van der Waals surface area contributed by atoms with Gasteiger partial charge in [0, 0.05) is 0 Å². The summed E-state index contributed by atoms with van der Waals surface area (Å²) in [5.74, 6) is 0. The minimum absolute atomic E-state index is 0.156. The van der Waals surface area contributed by atoms with Crippen LogP contribution in [0.1, 0.15) is 58.3 Å². The van der Waals surface area contributed by atoms with Crippen LogP contribution in [0.25, 0.3) is 0 Å². The van der Waals surface area contributed by atoms with E-state index in [4.69, 9.17) is 9.79 Å². The van der Waals surface area contributed by atoms with E-state index in [1.165, 1.54) is 19.3 Å². The van der Waals surface area contributed by atoms with Gasteiger partial charge in [-0.05, 0) is 25.7 Å². The summed E-state index contributed by atoms with van der Waals surface area (Å²) in [7, 11) is -4.25. The van der Waals surface area contributed by atoms with Crippen molar-refractivity contribution >= 4 is 7.82 Å². The van der Waals surface area contributed by atoms with Crippen molar-refractivity contribution in [3.63, 3.8) is 0 Å². The Hall–Kier alpha value is -0.150. The molecule has 0 amide bonds. The Balaban J connectivity index is 3.09. The van der Waals surface area contributed by atoms with Crippen molar-refractivity contribution in [2.24, 2.45) is 0 Å². The molecule has 0 aliphatic rings. The zero-order valence-corrected chi connectivity index (χ0v) is 11.6. The molecule has 0 heterocycles. The molecule has 17 heavy (non-hydrogen) atoms. The molecule has 102 valence electrons. The highest BCUT2D eigenvalue weighted by atomic mass is 31.2. The summed E-state index contributed by atoms with van der Waals surface area (Å²) in [5, 5.41) is 0. The van der Waals surface area contributed by atoms with Gasteiger partial charge < -0.3 is 9.79 Å². The molecule has 0 bridgehead atoms. The van der Waals surface area contributed by atoms with Crippen LogP contribution in [0.5, 0.6) is 0 Å². The fourth-order valence-corrected chi connectivity index (χ4v) is 1.91. The minimum atomic E-state index is -4.25. The number of allylic oxidation sites excluding steroid dienone is 2. The van der Waals surface area contributed by atoms with Crippen molar-refractivity contribution < 1.29 is 18.9 Å². The van der Waals surface area contributed by atoms with Gasteiger partial charge in [-0.15, -0.1) is 0 Å². The first-order chi connectivity index (χ1) is 8.06. The first-order valence-corrected chi connectivity index (χ1v) is 7.94. The van der Waals surface area contributed by atoms with Crippen molar-refractivity contribution in [2.45, 2.75) is 58.3 Å². The molecule has 0 unspecified atom stereocenters. The molecule has 0 aromatic carbocycles. The van der Waals surface area contributed by atoms with Crippen LogP contribution in [0.3, 0.4) is 0 Å². The summed E-state index contributed by atoms with van der Waals surface area (Å²) >= 11 is 0. The average molecular weight is 264 g/mol. The number of phosphoric acid groups is 1. The van der Waals surface area contributed by atoms with Crippen LogP contribution >= 0.6 is 7.82 Å². The summed E-state index contributed by atoms with van der Waals surface area (Å²) in [6, 6.07) is 0. The van der Waals surface area contributed by atoms with E-state index in [9.17, 15) is 4.57 Å². The fourth-order valence-electron chi connectivity index (χ4n) is 1.54. The van der Waals surface area contributed by atoms with Gasteiger partial charge >= 0.3 is 7.82 Å². The number of hydrogen-bond acceptors (Lipinski definition) is 2. The normalized spacial score (nSPS) is 12.4. The molecule has 0 fully saturated rings. The van der Waals surface area contributed by atoms with Gasteiger partial charge in [0.1, 0.15) is 0 Å². The van der Waals surface area contributed by atoms with E-state index in [0.717, 1.165) is 32.1 Å². The fraction of sp³-hybridized carbons (Fsp3) is 0.833. The molecule has 0 rings (SSSR count). The van der Waals surface area contributed by atoms with Crippen molar-refractivity contribution in [1.82, 2.24) is 0 Å². The second kappa shape index (κ2) is 11.0. The first kappa shape index (κ1) is 16.9. The third-order valence-electron chi connectivity index (χ3n) is 2.43. The lowest BCUT2D eigenvalue weighted by Crippen LogP contribution is -1.92. The van der Waals surface area contributed by atoms with E-state index < -0.39 is 7.82 Å². The lowest BCUT2D eigenvalue weighted by molar-refractivity contribution is 0.193. The van der Waals surface area contributed by atoms with Gasteiger partial charge in [-0.3, -0.25) is 4.52 Å². The monoisotopic (exact) mass is 264 g/mol. The van der Waals surface area contributed by atoms with Crippen LogP contribution in [-0.2, 0) is 9.09 Å². The van der Waals surface area contributed by atoms with E-state index in [-0.39, 0.29) is 6.61 Å². The number of phosphoric ester groups is 1. The number of hydrogen-bond donors (Lipinski definition) is 2. The van der Waals surface area contributed by atoms with E-state index in [0.29, 0.717) is 0 Å². The topological polar surface area (TPSA) is 66.8 Å². The van der Waals surface area contributed by atoms with Gasteiger partial charge in [0.2, 0.25) is 0 Å². The van der Waals surface area contributed by atoms with Gasteiger partial charge in [0.25, 0.3) is 0 Å². The number of unbranched alkanes of at least 4 members (excludes halogenated alkanes) is 6. The summed E-state index contributed by atoms with van der Waals surface area (Å²) in [6.45, 7) is 2.29. The van der Waals surface area contributed by atoms with E-state index in [1.807, 2.05) is 0 Å². The summed E-state index contributed by atoms with van der Waals surface area (Å²) in [5.41, 5.74) is 0. The molecule has 0 aliphatic carbocycles. The highest BCUT2D eigenvalue weighted by Gasteiger charge is 2.12. The highest BCUT2D eigenvalue weighted by Crippen LogP contribution is 2.35. The maximum atomic E-state index is 10.4. The van der Waals surface area contributed by atoms with Crippen LogP contribution in [0.15, 0.2) is 12.2 Å². The van der Waals surface area contributed by atoms with Crippen molar-refractivity contribution in [1.29, 1.82) is 0 Å². The Labute approximate surface area is 104 Å². The van der Waals surface area contributed by atoms with Crippen molar-refractivity contribution in [2.75, 3.05) is 6.61 Å². The molecule has 0 atom stereocenters. The van der Waals surface area contributed by atoms with Gasteiger partial charge in [-0.1, -0.05) is 44.8 Å². The predicted molar refractivity (Wildman–Crippen MR) is 69.7 cm³/mol. The van der Waals surface area contributed by atoms with E-state index in [1.54, 1.807) is 0 Å². The molecule has 0 aliphatic heterocycles. The maximum Gasteiger partial charge on any atom is 0.469 e. The standard InChI is InChI=1S/C12H25O4P/c1-2-3-4-5-6-7-8-9-10-11-12-16-17(13,14)15/h3-4H,2,5-12H2,1H3,(H2,13,14,15)/b4-3-. The highest BCUT2D eigenvalue weighted by molar-refractivity contribution is 7.46. The molecule has 0 saturated carbocycles. The number of rotatable bonds is 11. The van der Waals surface area contributed by atoms with E-state index >= 15 is 0 Å². The van der Waals surface area contributed by atoms with Crippen molar-refractivity contribution in [3.05, 3.63) is 12.2 Å². The lowest BCUT2D eigenvalue weighted by Gasteiger charge is -2.04. The third-order valence-corrected chi connectivity index (χ3v) is 2.95. The molecular formula is C12H25O4P. The zero-order chi connectivity index (χ0) is 13.0. The Morgan fingerprint density at radius 2 is 1.59 bits per heavy atom. The Bertz CT molecular complexity index is 235. The van der Waals surface area contributed by atoms with Crippen LogP contribution in [0.4, 0.5) is 0 Å². The van der Waals surface area contributed by atoms with Crippen LogP contribution in [0, 0.1) is 0 Å². The zero-order valence-electron chi connectivity index (χ0n) is 10.7. The minimum Gasteiger partial charge on any atom is -0.303 e. The SMILES string of the molecule is CC/C=C\CCCCCCCCOP(=O)(O)O. The second-order valence-corrected chi connectivity index (χ2v) is 5.35. The van der Waals surface area contributed by atoms with Gasteiger partial charge in [-0.25, -0.2) is 4.57 Å². The largest absolute Gasteiger partial charge is 0.469 e. The first-order valence-electron chi connectivity index (χ1n) is 6.41. The predicted octanol–water partition coefficient (Wildman–Crippen LogP) is 3.79.